The molecule has 0 saturated heterocycles. The van der Waals surface area contributed by atoms with Gasteiger partial charge in [-0.1, -0.05) is 56.7 Å². The van der Waals surface area contributed by atoms with Gasteiger partial charge in [0.1, 0.15) is 5.15 Å². The van der Waals surface area contributed by atoms with E-state index in [1.807, 2.05) is 12.3 Å². The summed E-state index contributed by atoms with van der Waals surface area (Å²) >= 11 is 5.72. The van der Waals surface area contributed by atoms with Gasteiger partial charge < -0.3 is 0 Å². The summed E-state index contributed by atoms with van der Waals surface area (Å²) < 4.78 is 0. The maximum Gasteiger partial charge on any atom is 0.129 e. The van der Waals surface area contributed by atoms with E-state index in [1.165, 1.54) is 44.1 Å². The van der Waals surface area contributed by atoms with Crippen LogP contribution < -0.4 is 0 Å². The normalized spacial score (nSPS) is 10.5. The molecular formula is C13H20ClN. The molecule has 0 radical (unpaired) electrons. The Bertz CT molecular complexity index is 256. The van der Waals surface area contributed by atoms with E-state index in [0.717, 1.165) is 6.42 Å². The van der Waals surface area contributed by atoms with Crippen LogP contribution in [0.3, 0.4) is 0 Å². The number of unbranched alkanes of at least 4 members (excludes halogenated alkanes) is 5. The van der Waals surface area contributed by atoms with Gasteiger partial charge in [-0.3, -0.25) is 0 Å². The summed E-state index contributed by atoms with van der Waals surface area (Å²) in [6.07, 6.45) is 11.1. The smallest absolute Gasteiger partial charge is 0.129 e. The molecule has 0 N–H and O–H groups in total. The molecule has 1 aromatic rings. The van der Waals surface area contributed by atoms with E-state index in [-0.39, 0.29) is 0 Å². The molecule has 0 atom stereocenters. The number of hydrogen-bond acceptors (Lipinski definition) is 1. The Kier molecular flexibility index (Phi) is 6.42. The van der Waals surface area contributed by atoms with E-state index in [0.29, 0.717) is 5.15 Å². The summed E-state index contributed by atoms with van der Waals surface area (Å²) in [7, 11) is 0. The molecule has 0 spiro atoms. The maximum atomic E-state index is 5.72. The molecule has 0 unspecified atom stereocenters. The van der Waals surface area contributed by atoms with Gasteiger partial charge in [-0.05, 0) is 24.5 Å². The predicted molar refractivity (Wildman–Crippen MR) is 66.3 cm³/mol. The zero-order valence-electron chi connectivity index (χ0n) is 9.51. The van der Waals surface area contributed by atoms with Gasteiger partial charge in [0.25, 0.3) is 0 Å². The SMILES string of the molecule is CCCCCCCCc1ccc(Cl)nc1. The Morgan fingerprint density at radius 1 is 1.07 bits per heavy atom. The third-order valence-corrected chi connectivity index (χ3v) is 2.83. The lowest BCUT2D eigenvalue weighted by Gasteiger charge is -2.01. The van der Waals surface area contributed by atoms with E-state index in [9.17, 15) is 0 Å². The Balaban J connectivity index is 2.07. The van der Waals surface area contributed by atoms with Crippen LogP contribution in [0.15, 0.2) is 18.3 Å². The first-order valence-electron chi connectivity index (χ1n) is 5.93. The first-order valence-corrected chi connectivity index (χ1v) is 6.31. The van der Waals surface area contributed by atoms with Gasteiger partial charge in [0.15, 0.2) is 0 Å². The lowest BCUT2D eigenvalue weighted by molar-refractivity contribution is 0.607. The molecule has 1 aromatic heterocycles. The van der Waals surface area contributed by atoms with Gasteiger partial charge in [-0.15, -0.1) is 0 Å². The topological polar surface area (TPSA) is 12.9 Å². The molecule has 0 fully saturated rings. The quantitative estimate of drug-likeness (QED) is 0.487. The molecule has 0 aliphatic heterocycles. The summed E-state index contributed by atoms with van der Waals surface area (Å²) in [5.74, 6) is 0. The maximum absolute atomic E-state index is 5.72. The van der Waals surface area contributed by atoms with Crippen molar-refractivity contribution in [2.45, 2.75) is 51.9 Å². The second kappa shape index (κ2) is 7.70. The third-order valence-electron chi connectivity index (χ3n) is 2.61. The highest BCUT2D eigenvalue weighted by Gasteiger charge is 1.95. The minimum absolute atomic E-state index is 0.585. The van der Waals surface area contributed by atoms with Crippen molar-refractivity contribution in [3.8, 4) is 0 Å². The van der Waals surface area contributed by atoms with Crippen molar-refractivity contribution >= 4 is 11.6 Å². The Labute approximate surface area is 97.9 Å². The molecular weight excluding hydrogens is 206 g/mol. The predicted octanol–water partition coefficient (Wildman–Crippen LogP) is 4.64. The molecule has 2 heteroatoms. The highest BCUT2D eigenvalue weighted by Crippen LogP contribution is 2.10. The van der Waals surface area contributed by atoms with Crippen molar-refractivity contribution in [3.63, 3.8) is 0 Å². The van der Waals surface area contributed by atoms with Crippen molar-refractivity contribution in [1.82, 2.24) is 4.98 Å². The fourth-order valence-electron chi connectivity index (χ4n) is 1.66. The Morgan fingerprint density at radius 2 is 1.80 bits per heavy atom. The van der Waals surface area contributed by atoms with Crippen LogP contribution in [-0.4, -0.2) is 4.98 Å². The van der Waals surface area contributed by atoms with Crippen molar-refractivity contribution < 1.29 is 0 Å². The summed E-state index contributed by atoms with van der Waals surface area (Å²) in [5, 5.41) is 0.585. The minimum Gasteiger partial charge on any atom is -0.244 e. The number of hydrogen-bond donors (Lipinski definition) is 0. The first-order chi connectivity index (χ1) is 7.33. The van der Waals surface area contributed by atoms with Crippen molar-refractivity contribution in [2.24, 2.45) is 0 Å². The lowest BCUT2D eigenvalue weighted by atomic mass is 10.1. The number of rotatable bonds is 7. The highest BCUT2D eigenvalue weighted by atomic mass is 35.5. The average Bonchev–Trinajstić information content (AvgIpc) is 2.26. The zero-order chi connectivity index (χ0) is 10.9. The Morgan fingerprint density at radius 3 is 2.47 bits per heavy atom. The van der Waals surface area contributed by atoms with E-state index in [1.54, 1.807) is 0 Å². The van der Waals surface area contributed by atoms with Gasteiger partial charge in [-0.25, -0.2) is 4.98 Å². The van der Waals surface area contributed by atoms with Gasteiger partial charge in [0, 0.05) is 6.20 Å². The molecule has 1 rings (SSSR count). The summed E-state index contributed by atoms with van der Waals surface area (Å²) in [5.41, 5.74) is 1.30. The van der Waals surface area contributed by atoms with E-state index < -0.39 is 0 Å². The largest absolute Gasteiger partial charge is 0.244 e. The average molecular weight is 226 g/mol. The van der Waals surface area contributed by atoms with Gasteiger partial charge in [-0.2, -0.15) is 0 Å². The number of aryl methyl sites for hydroxylation is 1. The van der Waals surface area contributed by atoms with Crippen LogP contribution in [0.1, 0.15) is 51.0 Å². The summed E-state index contributed by atoms with van der Waals surface area (Å²) in [6, 6.07) is 3.94. The molecule has 0 amide bonds. The monoisotopic (exact) mass is 225 g/mol. The standard InChI is InChI=1S/C13H20ClN/c1-2-3-4-5-6-7-8-12-9-10-13(14)15-11-12/h9-11H,2-8H2,1H3. The summed E-state index contributed by atoms with van der Waals surface area (Å²) in [4.78, 5) is 4.07. The molecule has 1 nitrogen and oxygen atoms in total. The fourth-order valence-corrected chi connectivity index (χ4v) is 1.78. The van der Waals surface area contributed by atoms with Crippen LogP contribution in [0.5, 0.6) is 0 Å². The van der Waals surface area contributed by atoms with Gasteiger partial charge >= 0.3 is 0 Å². The van der Waals surface area contributed by atoms with Crippen LogP contribution >= 0.6 is 11.6 Å². The zero-order valence-corrected chi connectivity index (χ0v) is 10.3. The van der Waals surface area contributed by atoms with Crippen LogP contribution in [0.2, 0.25) is 5.15 Å². The van der Waals surface area contributed by atoms with Crippen LogP contribution in [0, 0.1) is 0 Å². The van der Waals surface area contributed by atoms with E-state index in [2.05, 4.69) is 18.0 Å². The number of halogens is 1. The third kappa shape index (κ3) is 5.78. The second-order valence-electron chi connectivity index (χ2n) is 4.01. The highest BCUT2D eigenvalue weighted by molar-refractivity contribution is 6.29. The number of pyridine rings is 1. The first kappa shape index (κ1) is 12.5. The number of nitrogens with zero attached hydrogens (tertiary/aromatic N) is 1. The molecule has 15 heavy (non-hydrogen) atoms. The van der Waals surface area contributed by atoms with Crippen molar-refractivity contribution in [1.29, 1.82) is 0 Å². The van der Waals surface area contributed by atoms with Crippen LogP contribution in [0.4, 0.5) is 0 Å². The molecule has 1 heterocycles. The minimum atomic E-state index is 0.585. The van der Waals surface area contributed by atoms with Crippen molar-refractivity contribution in [2.75, 3.05) is 0 Å². The van der Waals surface area contributed by atoms with E-state index >= 15 is 0 Å². The molecule has 0 bridgehead atoms. The molecule has 84 valence electrons. The summed E-state index contributed by atoms with van der Waals surface area (Å²) in [6.45, 7) is 2.25. The molecule has 0 saturated carbocycles. The van der Waals surface area contributed by atoms with Gasteiger partial charge in [0.05, 0.1) is 0 Å². The van der Waals surface area contributed by atoms with Crippen LogP contribution in [0.25, 0.3) is 0 Å². The second-order valence-corrected chi connectivity index (χ2v) is 4.39. The molecule has 0 aliphatic carbocycles. The number of aromatic nitrogens is 1. The molecule has 0 aromatic carbocycles. The fraction of sp³-hybridized carbons (Fsp3) is 0.615. The van der Waals surface area contributed by atoms with E-state index in [4.69, 9.17) is 11.6 Å². The van der Waals surface area contributed by atoms with Crippen LogP contribution in [-0.2, 0) is 6.42 Å². The Hall–Kier alpha value is -0.560. The van der Waals surface area contributed by atoms with Crippen molar-refractivity contribution in [3.05, 3.63) is 29.0 Å². The molecule has 0 aliphatic rings. The van der Waals surface area contributed by atoms with Gasteiger partial charge in [0.2, 0.25) is 0 Å². The lowest BCUT2D eigenvalue weighted by Crippen LogP contribution is -1.87.